The van der Waals surface area contributed by atoms with Crippen LogP contribution in [0.5, 0.6) is 0 Å². The second kappa shape index (κ2) is 9.19. The normalized spacial score (nSPS) is 16.6. The maximum absolute atomic E-state index is 13.7. The van der Waals surface area contributed by atoms with Crippen LogP contribution >= 0.6 is 0 Å². The average Bonchev–Trinajstić information content (AvgIpc) is 2.71. The summed E-state index contributed by atoms with van der Waals surface area (Å²) < 4.78 is 270. The number of aliphatic carboxylic acids is 1. The van der Waals surface area contributed by atoms with Gasteiger partial charge in [0.15, 0.2) is 0 Å². The number of hydrogen-bond donors (Lipinski definition) is 1. The number of carbonyl (C=O) groups is 1. The standard InChI is InChI=1S/C16H10F20O2/c1-3-7(17,18)9(21,22)11(25,26)13(29,30)15(33,34)16(35,36)14(31,32)12(27,28)10(23,24)8(19,20)4-5(2)6(37)38/h4H,3H2,1-2H3,(H,37,38). The molecule has 0 aliphatic carbocycles. The Kier molecular flexibility index (Phi) is 8.66. The minimum atomic E-state index is -9.11. The summed E-state index contributed by atoms with van der Waals surface area (Å²) in [6.45, 7) is -0.299. The molecule has 0 aromatic carbocycles. The Morgan fingerprint density at radius 1 is 0.526 bits per heavy atom. The van der Waals surface area contributed by atoms with Gasteiger partial charge in [0.25, 0.3) is 0 Å². The lowest BCUT2D eigenvalue weighted by molar-refractivity contribution is -0.467. The van der Waals surface area contributed by atoms with E-state index in [4.69, 9.17) is 5.11 Å². The fraction of sp³-hybridized carbons (Fsp3) is 0.812. The molecule has 0 unspecified atom stereocenters. The Bertz CT molecular complexity index is 931. The lowest BCUT2D eigenvalue weighted by atomic mass is 9.85. The number of alkyl halides is 20. The van der Waals surface area contributed by atoms with Crippen LogP contribution in [-0.2, 0) is 4.79 Å². The molecule has 0 radical (unpaired) electrons. The summed E-state index contributed by atoms with van der Waals surface area (Å²) in [5, 5.41) is 8.25. The highest BCUT2D eigenvalue weighted by molar-refractivity contribution is 5.86. The van der Waals surface area contributed by atoms with Gasteiger partial charge in [-0.05, 0) is 6.92 Å². The quantitative estimate of drug-likeness (QED) is 0.180. The fourth-order valence-corrected chi connectivity index (χ4v) is 2.27. The Morgan fingerprint density at radius 2 is 0.763 bits per heavy atom. The van der Waals surface area contributed by atoms with Crippen LogP contribution in [0.2, 0.25) is 0 Å². The molecule has 1 N–H and O–H groups in total. The van der Waals surface area contributed by atoms with E-state index >= 15 is 0 Å². The highest BCUT2D eigenvalue weighted by Crippen LogP contribution is 2.66. The zero-order valence-electron chi connectivity index (χ0n) is 17.7. The van der Waals surface area contributed by atoms with Crippen LogP contribution in [-0.4, -0.2) is 70.3 Å². The van der Waals surface area contributed by atoms with E-state index in [2.05, 4.69) is 0 Å². The minimum Gasteiger partial charge on any atom is -0.478 e. The van der Waals surface area contributed by atoms with Gasteiger partial charge in [0.2, 0.25) is 0 Å². The number of carboxylic acids is 1. The number of hydrogen-bond acceptors (Lipinski definition) is 1. The molecule has 0 aromatic heterocycles. The third kappa shape index (κ3) is 4.41. The van der Waals surface area contributed by atoms with Crippen LogP contribution in [0.4, 0.5) is 87.8 Å². The molecule has 0 aliphatic rings. The van der Waals surface area contributed by atoms with Crippen LogP contribution in [0, 0.1) is 0 Å². The topological polar surface area (TPSA) is 37.3 Å². The molecular weight excluding hydrogens is 604 g/mol. The third-order valence-electron chi connectivity index (χ3n) is 4.82. The zero-order valence-corrected chi connectivity index (χ0v) is 17.7. The largest absolute Gasteiger partial charge is 0.478 e. The molecule has 0 aromatic rings. The first-order valence-electron chi connectivity index (χ1n) is 8.85. The third-order valence-corrected chi connectivity index (χ3v) is 4.82. The Labute approximate surface area is 196 Å². The first-order chi connectivity index (χ1) is 16.1. The van der Waals surface area contributed by atoms with Crippen LogP contribution in [0.1, 0.15) is 20.3 Å². The van der Waals surface area contributed by atoms with E-state index in [0.717, 1.165) is 0 Å². The summed E-state index contributed by atoms with van der Waals surface area (Å²) in [6, 6.07) is 0. The van der Waals surface area contributed by atoms with Crippen molar-refractivity contribution in [2.24, 2.45) is 0 Å². The molecule has 0 heterocycles. The Morgan fingerprint density at radius 3 is 1.00 bits per heavy atom. The first-order valence-corrected chi connectivity index (χ1v) is 8.85. The molecule has 0 spiro atoms. The monoisotopic (exact) mass is 614 g/mol. The van der Waals surface area contributed by atoms with Crippen molar-refractivity contribution in [1.29, 1.82) is 0 Å². The van der Waals surface area contributed by atoms with Crippen molar-refractivity contribution in [2.45, 2.75) is 79.5 Å². The predicted molar refractivity (Wildman–Crippen MR) is 81.2 cm³/mol. The number of halogens is 20. The lowest BCUT2D eigenvalue weighted by Gasteiger charge is -2.45. The molecule has 38 heavy (non-hydrogen) atoms. The summed E-state index contributed by atoms with van der Waals surface area (Å²) in [5.41, 5.74) is -2.10. The van der Waals surface area contributed by atoms with Gasteiger partial charge in [-0.3, -0.25) is 0 Å². The molecule has 0 saturated heterocycles. The molecule has 0 rings (SSSR count). The van der Waals surface area contributed by atoms with Crippen LogP contribution in [0.3, 0.4) is 0 Å². The van der Waals surface area contributed by atoms with Crippen LogP contribution in [0.25, 0.3) is 0 Å². The maximum Gasteiger partial charge on any atom is 0.385 e. The van der Waals surface area contributed by atoms with Gasteiger partial charge in [-0.2, -0.15) is 87.8 Å². The van der Waals surface area contributed by atoms with Crippen molar-refractivity contribution in [1.82, 2.24) is 0 Å². The van der Waals surface area contributed by atoms with Gasteiger partial charge in [-0.1, -0.05) is 6.92 Å². The summed E-state index contributed by atoms with van der Waals surface area (Å²) in [5.74, 6) is -85.5. The number of carboxylic acid groups (broad SMARTS) is 1. The highest BCUT2D eigenvalue weighted by Gasteiger charge is 2.97. The van der Waals surface area contributed by atoms with Gasteiger partial charge in [0.1, 0.15) is 0 Å². The minimum absolute atomic E-state index is 0.111. The molecule has 0 bridgehead atoms. The highest BCUT2D eigenvalue weighted by atomic mass is 19.4. The maximum atomic E-state index is 13.7. The van der Waals surface area contributed by atoms with Crippen molar-refractivity contribution >= 4 is 5.97 Å². The molecule has 0 amide bonds. The van der Waals surface area contributed by atoms with E-state index in [1.54, 1.807) is 0 Å². The Hall–Kier alpha value is -2.19. The van der Waals surface area contributed by atoms with Crippen molar-refractivity contribution in [3.8, 4) is 0 Å². The van der Waals surface area contributed by atoms with E-state index in [-0.39, 0.29) is 13.8 Å². The van der Waals surface area contributed by atoms with Crippen molar-refractivity contribution in [3.63, 3.8) is 0 Å². The molecule has 0 aliphatic heterocycles. The van der Waals surface area contributed by atoms with E-state index in [1.807, 2.05) is 0 Å². The zero-order chi connectivity index (χ0) is 31.6. The SMILES string of the molecule is CCC(F)(F)C(F)(F)C(F)(F)C(F)(F)C(F)(F)C(F)(F)C(F)(F)C(F)(F)C(F)(F)C(F)(F)C=C(C)C(=O)O. The van der Waals surface area contributed by atoms with Crippen LogP contribution < -0.4 is 0 Å². The molecule has 0 atom stereocenters. The van der Waals surface area contributed by atoms with Gasteiger partial charge in [-0.25, -0.2) is 4.79 Å². The molecule has 0 saturated carbocycles. The van der Waals surface area contributed by atoms with Crippen molar-refractivity contribution in [3.05, 3.63) is 11.6 Å². The summed E-state index contributed by atoms with van der Waals surface area (Å²) in [6.07, 6.45) is -4.43. The van der Waals surface area contributed by atoms with Gasteiger partial charge in [0, 0.05) is 18.1 Å². The molecule has 0 fully saturated rings. The second-order valence-corrected chi connectivity index (χ2v) is 7.41. The van der Waals surface area contributed by atoms with Gasteiger partial charge < -0.3 is 5.11 Å². The van der Waals surface area contributed by atoms with Crippen LogP contribution in [0.15, 0.2) is 11.6 Å². The van der Waals surface area contributed by atoms with Gasteiger partial charge >= 0.3 is 65.2 Å². The summed E-state index contributed by atoms with van der Waals surface area (Å²) >= 11 is 0. The van der Waals surface area contributed by atoms with Crippen molar-refractivity contribution < 1.29 is 97.7 Å². The van der Waals surface area contributed by atoms with E-state index < -0.39 is 83.3 Å². The average molecular weight is 614 g/mol. The van der Waals surface area contributed by atoms with Crippen molar-refractivity contribution in [2.75, 3.05) is 0 Å². The molecule has 2 nitrogen and oxygen atoms in total. The number of rotatable bonds is 12. The predicted octanol–water partition coefficient (Wildman–Crippen LogP) is 7.78. The summed E-state index contributed by atoms with van der Waals surface area (Å²) in [7, 11) is 0. The van der Waals surface area contributed by atoms with Gasteiger partial charge in [-0.15, -0.1) is 0 Å². The Balaban J connectivity index is 7.19. The second-order valence-electron chi connectivity index (χ2n) is 7.41. The van der Waals surface area contributed by atoms with E-state index in [1.165, 1.54) is 0 Å². The molecule has 226 valence electrons. The molecule has 22 heteroatoms. The number of allylic oxidation sites excluding steroid dienone is 1. The first kappa shape index (κ1) is 35.8. The smallest absolute Gasteiger partial charge is 0.385 e. The van der Waals surface area contributed by atoms with Gasteiger partial charge in [0.05, 0.1) is 0 Å². The molecular formula is C16H10F20O2. The van der Waals surface area contributed by atoms with E-state index in [0.29, 0.717) is 0 Å². The summed E-state index contributed by atoms with van der Waals surface area (Å²) in [4.78, 5) is 10.3. The fourth-order valence-electron chi connectivity index (χ4n) is 2.27. The van der Waals surface area contributed by atoms with E-state index in [9.17, 15) is 92.6 Å². The lowest BCUT2D eigenvalue weighted by Crippen LogP contribution is -2.76.